The Labute approximate surface area is 118 Å². The number of carbonyl (C=O) groups excluding carboxylic acids is 1. The van der Waals surface area contributed by atoms with Crippen LogP contribution in [0.1, 0.15) is 46.0 Å². The number of carbonyl (C=O) groups is 1. The topological polar surface area (TPSA) is 57.3 Å². The Kier molecular flexibility index (Phi) is 2.58. The van der Waals surface area contributed by atoms with E-state index in [1.165, 1.54) is 6.92 Å². The molecule has 112 valence electrons. The molecule has 4 fully saturated rings. The van der Waals surface area contributed by atoms with Gasteiger partial charge in [0.05, 0.1) is 19.3 Å². The summed E-state index contributed by atoms with van der Waals surface area (Å²) in [6, 6.07) is 0. The van der Waals surface area contributed by atoms with E-state index in [1.807, 2.05) is 0 Å². The van der Waals surface area contributed by atoms with Crippen LogP contribution in [-0.4, -0.2) is 42.8 Å². The molecule has 0 bridgehead atoms. The molecular formula is C15H22O5. The van der Waals surface area contributed by atoms with Crippen molar-refractivity contribution in [1.82, 2.24) is 0 Å². The van der Waals surface area contributed by atoms with Gasteiger partial charge in [-0.2, -0.15) is 0 Å². The highest BCUT2D eigenvalue weighted by Crippen LogP contribution is 2.67. The molecule has 2 heterocycles. The van der Waals surface area contributed by atoms with Crippen molar-refractivity contribution in [3.8, 4) is 0 Å². The SMILES string of the molecule is CC(=O)O[C@@H]1CC[C@H]2O[C@]23CC2(CC[C@@]13C)OCCO2. The van der Waals surface area contributed by atoms with Crippen molar-refractivity contribution in [2.75, 3.05) is 13.2 Å². The minimum Gasteiger partial charge on any atom is -0.462 e. The molecule has 0 radical (unpaired) electrons. The van der Waals surface area contributed by atoms with Crippen LogP contribution in [0.3, 0.4) is 0 Å². The van der Waals surface area contributed by atoms with E-state index in [-0.39, 0.29) is 29.2 Å². The molecule has 0 aromatic heterocycles. The molecule has 0 unspecified atom stereocenters. The second kappa shape index (κ2) is 3.96. The normalized spacial score (nSPS) is 48.5. The van der Waals surface area contributed by atoms with Gasteiger partial charge in [-0.3, -0.25) is 4.79 Å². The van der Waals surface area contributed by atoms with Crippen molar-refractivity contribution < 1.29 is 23.7 Å². The van der Waals surface area contributed by atoms with Gasteiger partial charge in [0, 0.05) is 25.2 Å². The first-order valence-electron chi connectivity index (χ1n) is 7.63. The molecule has 4 aliphatic rings. The molecule has 0 aromatic rings. The third-order valence-corrected chi connectivity index (χ3v) is 5.86. The number of rotatable bonds is 1. The Hall–Kier alpha value is -0.650. The Bertz CT molecular complexity index is 444. The summed E-state index contributed by atoms with van der Waals surface area (Å²) in [6.07, 6.45) is 4.65. The lowest BCUT2D eigenvalue weighted by molar-refractivity contribution is -0.226. The maximum Gasteiger partial charge on any atom is 0.302 e. The van der Waals surface area contributed by atoms with Crippen LogP contribution in [0.4, 0.5) is 0 Å². The van der Waals surface area contributed by atoms with E-state index in [9.17, 15) is 4.79 Å². The molecule has 0 amide bonds. The van der Waals surface area contributed by atoms with Gasteiger partial charge >= 0.3 is 5.97 Å². The molecule has 5 nitrogen and oxygen atoms in total. The van der Waals surface area contributed by atoms with Crippen LogP contribution >= 0.6 is 0 Å². The number of hydrogen-bond acceptors (Lipinski definition) is 5. The maximum atomic E-state index is 11.4. The maximum absolute atomic E-state index is 11.4. The lowest BCUT2D eigenvalue weighted by Crippen LogP contribution is -2.58. The minimum atomic E-state index is -0.452. The molecule has 4 atom stereocenters. The largest absolute Gasteiger partial charge is 0.462 e. The molecule has 2 aliphatic heterocycles. The Morgan fingerprint density at radius 2 is 1.95 bits per heavy atom. The van der Waals surface area contributed by atoms with Crippen molar-refractivity contribution in [3.63, 3.8) is 0 Å². The smallest absolute Gasteiger partial charge is 0.302 e. The van der Waals surface area contributed by atoms with E-state index >= 15 is 0 Å². The van der Waals surface area contributed by atoms with Gasteiger partial charge in [-0.05, 0) is 19.3 Å². The average Bonchev–Trinajstić information content (AvgIpc) is 2.91. The van der Waals surface area contributed by atoms with Gasteiger partial charge in [0.1, 0.15) is 11.7 Å². The molecule has 2 saturated heterocycles. The predicted molar refractivity (Wildman–Crippen MR) is 69.0 cm³/mol. The fourth-order valence-electron chi connectivity index (χ4n) is 4.71. The van der Waals surface area contributed by atoms with E-state index in [0.29, 0.717) is 13.2 Å². The Balaban J connectivity index is 1.63. The fraction of sp³-hybridized carbons (Fsp3) is 0.933. The van der Waals surface area contributed by atoms with Crippen LogP contribution in [0.5, 0.6) is 0 Å². The van der Waals surface area contributed by atoms with Crippen LogP contribution in [-0.2, 0) is 23.7 Å². The van der Waals surface area contributed by atoms with Crippen LogP contribution in [0.2, 0.25) is 0 Å². The van der Waals surface area contributed by atoms with E-state index in [0.717, 1.165) is 32.1 Å². The second-order valence-corrected chi connectivity index (χ2v) is 6.87. The monoisotopic (exact) mass is 282 g/mol. The van der Waals surface area contributed by atoms with Gasteiger partial charge in [-0.1, -0.05) is 6.92 Å². The van der Waals surface area contributed by atoms with Crippen molar-refractivity contribution >= 4 is 5.97 Å². The predicted octanol–water partition coefficient (Wildman–Crippen LogP) is 1.78. The zero-order valence-corrected chi connectivity index (χ0v) is 12.1. The summed E-state index contributed by atoms with van der Waals surface area (Å²) >= 11 is 0. The summed E-state index contributed by atoms with van der Waals surface area (Å²) < 4.78 is 23.5. The van der Waals surface area contributed by atoms with Crippen molar-refractivity contribution in [2.24, 2.45) is 5.41 Å². The van der Waals surface area contributed by atoms with Crippen molar-refractivity contribution in [1.29, 1.82) is 0 Å². The summed E-state index contributed by atoms with van der Waals surface area (Å²) in [5.41, 5.74) is -0.323. The van der Waals surface area contributed by atoms with Crippen LogP contribution < -0.4 is 0 Å². The summed E-state index contributed by atoms with van der Waals surface area (Å²) in [5, 5.41) is 0. The number of ether oxygens (including phenoxy) is 4. The molecule has 5 heteroatoms. The zero-order chi connectivity index (χ0) is 14.0. The highest BCUT2D eigenvalue weighted by atomic mass is 16.7. The van der Waals surface area contributed by atoms with E-state index in [2.05, 4.69) is 6.92 Å². The molecule has 20 heavy (non-hydrogen) atoms. The number of hydrogen-bond donors (Lipinski definition) is 0. The van der Waals surface area contributed by atoms with E-state index in [4.69, 9.17) is 18.9 Å². The first kappa shape index (κ1) is 13.0. The van der Waals surface area contributed by atoms with Gasteiger partial charge in [0.2, 0.25) is 0 Å². The summed E-state index contributed by atoms with van der Waals surface area (Å²) in [6.45, 7) is 5.04. The van der Waals surface area contributed by atoms with Crippen LogP contribution in [0, 0.1) is 5.41 Å². The van der Waals surface area contributed by atoms with Crippen LogP contribution in [0.15, 0.2) is 0 Å². The summed E-state index contributed by atoms with van der Waals surface area (Å²) in [7, 11) is 0. The van der Waals surface area contributed by atoms with E-state index in [1.54, 1.807) is 0 Å². The standard InChI is InChI=1S/C15H22O5/c1-10(16)19-11-3-4-12-15(20-12)9-14(17-7-8-18-14)6-5-13(11,15)2/h11-12H,3-9H2,1-2H3/t11-,12-,13+,15-/m1/s1. The summed E-state index contributed by atoms with van der Waals surface area (Å²) in [4.78, 5) is 11.4. The lowest BCUT2D eigenvalue weighted by atomic mass is 9.57. The Morgan fingerprint density at radius 1 is 1.20 bits per heavy atom. The van der Waals surface area contributed by atoms with Gasteiger partial charge in [-0.15, -0.1) is 0 Å². The highest BCUT2D eigenvalue weighted by Gasteiger charge is 2.76. The first-order chi connectivity index (χ1) is 9.50. The molecule has 0 aromatic carbocycles. The highest BCUT2D eigenvalue weighted by molar-refractivity contribution is 5.66. The lowest BCUT2D eigenvalue weighted by Gasteiger charge is -2.51. The molecule has 4 rings (SSSR count). The van der Waals surface area contributed by atoms with Crippen molar-refractivity contribution in [2.45, 2.75) is 69.5 Å². The van der Waals surface area contributed by atoms with Gasteiger partial charge in [0.25, 0.3) is 0 Å². The van der Waals surface area contributed by atoms with E-state index < -0.39 is 5.79 Å². The summed E-state index contributed by atoms with van der Waals surface area (Å²) in [5.74, 6) is -0.647. The third kappa shape index (κ3) is 1.57. The quantitative estimate of drug-likeness (QED) is 0.542. The number of esters is 1. The Morgan fingerprint density at radius 3 is 2.65 bits per heavy atom. The molecule has 2 saturated carbocycles. The molecule has 2 spiro atoms. The van der Waals surface area contributed by atoms with Gasteiger partial charge in [-0.25, -0.2) is 0 Å². The minimum absolute atomic E-state index is 0.0440. The average molecular weight is 282 g/mol. The molecule has 0 N–H and O–H groups in total. The van der Waals surface area contributed by atoms with Gasteiger partial charge < -0.3 is 18.9 Å². The molecule has 2 aliphatic carbocycles. The third-order valence-electron chi connectivity index (χ3n) is 5.86. The zero-order valence-electron chi connectivity index (χ0n) is 12.1. The number of epoxide rings is 1. The first-order valence-corrected chi connectivity index (χ1v) is 7.63. The second-order valence-electron chi connectivity index (χ2n) is 6.87. The van der Waals surface area contributed by atoms with Crippen molar-refractivity contribution in [3.05, 3.63) is 0 Å². The fourth-order valence-corrected chi connectivity index (χ4v) is 4.71. The van der Waals surface area contributed by atoms with Crippen LogP contribution in [0.25, 0.3) is 0 Å². The molecular weight excluding hydrogens is 260 g/mol. The van der Waals surface area contributed by atoms with Gasteiger partial charge in [0.15, 0.2) is 5.79 Å².